The van der Waals surface area contributed by atoms with Crippen LogP contribution in [0.15, 0.2) is 35.1 Å². The summed E-state index contributed by atoms with van der Waals surface area (Å²) in [6.45, 7) is 7.50. The van der Waals surface area contributed by atoms with E-state index in [-0.39, 0.29) is 11.6 Å². The van der Waals surface area contributed by atoms with Crippen molar-refractivity contribution >= 4 is 0 Å². The van der Waals surface area contributed by atoms with Gasteiger partial charge in [-0.3, -0.25) is 4.79 Å². The molecule has 1 aromatic heterocycles. The van der Waals surface area contributed by atoms with E-state index < -0.39 is 5.60 Å². The van der Waals surface area contributed by atoms with Gasteiger partial charge in [0, 0.05) is 11.6 Å². The summed E-state index contributed by atoms with van der Waals surface area (Å²) in [5, 5.41) is 10.2. The summed E-state index contributed by atoms with van der Waals surface area (Å²) >= 11 is 0. The van der Waals surface area contributed by atoms with Crippen molar-refractivity contribution in [3.05, 3.63) is 57.4 Å². The van der Waals surface area contributed by atoms with E-state index in [2.05, 4.69) is 32.0 Å². The molecule has 1 aliphatic rings. The maximum atomic E-state index is 12.8. The third-order valence-electron chi connectivity index (χ3n) is 4.49. The van der Waals surface area contributed by atoms with E-state index in [4.69, 9.17) is 0 Å². The van der Waals surface area contributed by atoms with Gasteiger partial charge in [0.25, 0.3) is 5.56 Å². The molecular weight excluding hydrogens is 274 g/mol. The first kappa shape index (κ1) is 15.0. The third kappa shape index (κ3) is 2.61. The lowest BCUT2D eigenvalue weighted by Gasteiger charge is -2.21. The van der Waals surface area contributed by atoms with Crippen LogP contribution in [0.5, 0.6) is 0 Å². The highest BCUT2D eigenvalue weighted by Crippen LogP contribution is 2.38. The molecule has 1 saturated carbocycles. The van der Waals surface area contributed by atoms with Crippen molar-refractivity contribution < 1.29 is 5.11 Å². The molecule has 0 bridgehead atoms. The first-order chi connectivity index (χ1) is 10.3. The van der Waals surface area contributed by atoms with Crippen molar-refractivity contribution in [1.29, 1.82) is 0 Å². The molecule has 1 aliphatic carbocycles. The highest BCUT2D eigenvalue weighted by Gasteiger charge is 2.30. The van der Waals surface area contributed by atoms with E-state index in [1.807, 2.05) is 10.6 Å². The second-order valence-corrected chi connectivity index (χ2v) is 6.90. The molecule has 3 heteroatoms. The summed E-state index contributed by atoms with van der Waals surface area (Å²) in [5.41, 5.74) is 3.77. The average Bonchev–Trinajstić information content (AvgIpc) is 3.24. The predicted molar refractivity (Wildman–Crippen MR) is 89.1 cm³/mol. The van der Waals surface area contributed by atoms with Crippen LogP contribution in [-0.4, -0.2) is 9.67 Å². The molecule has 1 aromatic carbocycles. The van der Waals surface area contributed by atoms with E-state index in [0.29, 0.717) is 5.56 Å². The standard InChI is InChI=1S/C19H23NO2/c1-12-5-6-14(11-13(12)2)17-10-9-16(19(3,4)22)18(21)20(17)15-7-8-15/h5-6,9-11,15,22H,7-8H2,1-4H3. The van der Waals surface area contributed by atoms with Gasteiger partial charge >= 0.3 is 0 Å². The molecule has 0 aliphatic heterocycles. The van der Waals surface area contributed by atoms with Gasteiger partial charge in [-0.25, -0.2) is 0 Å². The van der Waals surface area contributed by atoms with Crippen LogP contribution >= 0.6 is 0 Å². The zero-order valence-corrected chi connectivity index (χ0v) is 13.7. The fourth-order valence-corrected chi connectivity index (χ4v) is 2.85. The second kappa shape index (κ2) is 5.10. The smallest absolute Gasteiger partial charge is 0.257 e. The van der Waals surface area contributed by atoms with Gasteiger partial charge in [-0.05, 0) is 75.4 Å². The van der Waals surface area contributed by atoms with Gasteiger partial charge in [0.1, 0.15) is 0 Å². The number of aliphatic hydroxyl groups is 1. The number of nitrogens with zero attached hydrogens (tertiary/aromatic N) is 1. The summed E-state index contributed by atoms with van der Waals surface area (Å²) in [6, 6.07) is 10.3. The lowest BCUT2D eigenvalue weighted by atomic mass is 9.97. The third-order valence-corrected chi connectivity index (χ3v) is 4.49. The van der Waals surface area contributed by atoms with Crippen LogP contribution in [0, 0.1) is 13.8 Å². The number of benzene rings is 1. The number of pyridine rings is 1. The molecule has 0 radical (unpaired) electrons. The SMILES string of the molecule is Cc1ccc(-c2ccc(C(C)(C)O)c(=O)n2C2CC2)cc1C. The molecule has 1 heterocycles. The highest BCUT2D eigenvalue weighted by molar-refractivity contribution is 5.62. The van der Waals surface area contributed by atoms with Gasteiger partial charge in [-0.2, -0.15) is 0 Å². The summed E-state index contributed by atoms with van der Waals surface area (Å²) in [5.74, 6) is 0. The van der Waals surface area contributed by atoms with Crippen molar-refractivity contribution in [2.75, 3.05) is 0 Å². The fourth-order valence-electron chi connectivity index (χ4n) is 2.85. The number of hydrogen-bond donors (Lipinski definition) is 1. The zero-order valence-electron chi connectivity index (χ0n) is 13.7. The Labute approximate surface area is 131 Å². The average molecular weight is 297 g/mol. The molecule has 0 unspecified atom stereocenters. The predicted octanol–water partition coefficient (Wildman–Crippen LogP) is 3.69. The van der Waals surface area contributed by atoms with Gasteiger partial charge in [-0.15, -0.1) is 0 Å². The molecule has 0 amide bonds. The number of rotatable bonds is 3. The van der Waals surface area contributed by atoms with Crippen LogP contribution in [0.25, 0.3) is 11.3 Å². The van der Waals surface area contributed by atoms with Crippen LogP contribution in [0.4, 0.5) is 0 Å². The molecule has 3 nitrogen and oxygen atoms in total. The van der Waals surface area contributed by atoms with Crippen molar-refractivity contribution in [3.8, 4) is 11.3 Å². The Bertz CT molecular complexity index is 777. The Morgan fingerprint density at radius 1 is 1.09 bits per heavy atom. The van der Waals surface area contributed by atoms with Gasteiger partial charge in [0.2, 0.25) is 0 Å². The number of hydrogen-bond acceptors (Lipinski definition) is 2. The van der Waals surface area contributed by atoms with Crippen molar-refractivity contribution in [2.45, 2.75) is 52.2 Å². The highest BCUT2D eigenvalue weighted by atomic mass is 16.3. The summed E-state index contributed by atoms with van der Waals surface area (Å²) in [6.07, 6.45) is 2.07. The minimum absolute atomic E-state index is 0.0641. The Balaban J connectivity index is 2.22. The van der Waals surface area contributed by atoms with Crippen molar-refractivity contribution in [3.63, 3.8) is 0 Å². The van der Waals surface area contributed by atoms with Gasteiger partial charge in [0.05, 0.1) is 11.3 Å². The van der Waals surface area contributed by atoms with Crippen LogP contribution in [0.2, 0.25) is 0 Å². The molecule has 1 N–H and O–H groups in total. The van der Waals surface area contributed by atoms with Crippen LogP contribution < -0.4 is 5.56 Å². The van der Waals surface area contributed by atoms with E-state index in [1.165, 1.54) is 11.1 Å². The molecule has 0 atom stereocenters. The zero-order chi connectivity index (χ0) is 16.1. The van der Waals surface area contributed by atoms with Crippen molar-refractivity contribution in [1.82, 2.24) is 4.57 Å². The molecule has 1 fully saturated rings. The minimum Gasteiger partial charge on any atom is -0.386 e. The fraction of sp³-hybridized carbons (Fsp3) is 0.421. The Morgan fingerprint density at radius 2 is 1.77 bits per heavy atom. The van der Waals surface area contributed by atoms with Crippen molar-refractivity contribution in [2.24, 2.45) is 0 Å². The lowest BCUT2D eigenvalue weighted by Crippen LogP contribution is -2.32. The Hall–Kier alpha value is -1.87. The molecule has 2 aromatic rings. The molecule has 3 rings (SSSR count). The monoisotopic (exact) mass is 297 g/mol. The van der Waals surface area contributed by atoms with Crippen LogP contribution in [0.3, 0.4) is 0 Å². The minimum atomic E-state index is -1.12. The topological polar surface area (TPSA) is 42.2 Å². The first-order valence-corrected chi connectivity index (χ1v) is 7.85. The second-order valence-electron chi connectivity index (χ2n) is 6.90. The maximum Gasteiger partial charge on any atom is 0.257 e. The molecule has 116 valence electrons. The summed E-state index contributed by atoms with van der Waals surface area (Å²) in [7, 11) is 0. The number of aryl methyl sites for hydroxylation is 2. The Kier molecular flexibility index (Phi) is 3.48. The quantitative estimate of drug-likeness (QED) is 0.938. The maximum absolute atomic E-state index is 12.8. The molecule has 22 heavy (non-hydrogen) atoms. The normalized spacial score (nSPS) is 15.1. The first-order valence-electron chi connectivity index (χ1n) is 7.85. The Morgan fingerprint density at radius 3 is 2.32 bits per heavy atom. The summed E-state index contributed by atoms with van der Waals surface area (Å²) < 4.78 is 1.87. The molecular formula is C19H23NO2. The van der Waals surface area contributed by atoms with Gasteiger partial charge in [-0.1, -0.05) is 12.1 Å². The van der Waals surface area contributed by atoms with E-state index in [9.17, 15) is 9.90 Å². The molecule has 0 saturated heterocycles. The largest absolute Gasteiger partial charge is 0.386 e. The van der Waals surface area contributed by atoms with Crippen LogP contribution in [-0.2, 0) is 5.60 Å². The van der Waals surface area contributed by atoms with E-state index in [0.717, 1.165) is 24.1 Å². The van der Waals surface area contributed by atoms with Gasteiger partial charge in [0.15, 0.2) is 0 Å². The number of aromatic nitrogens is 1. The molecule has 0 spiro atoms. The summed E-state index contributed by atoms with van der Waals surface area (Å²) in [4.78, 5) is 12.8. The van der Waals surface area contributed by atoms with E-state index >= 15 is 0 Å². The van der Waals surface area contributed by atoms with Gasteiger partial charge < -0.3 is 9.67 Å². The van der Waals surface area contributed by atoms with Crippen LogP contribution in [0.1, 0.15) is 49.4 Å². The lowest BCUT2D eigenvalue weighted by molar-refractivity contribution is 0.0765. The van der Waals surface area contributed by atoms with E-state index in [1.54, 1.807) is 19.9 Å².